The van der Waals surface area contributed by atoms with Crippen LogP contribution in [0.2, 0.25) is 0 Å². The van der Waals surface area contributed by atoms with Gasteiger partial charge in [-0.05, 0) is 57.1 Å². The van der Waals surface area contributed by atoms with Gasteiger partial charge in [0.25, 0.3) is 0 Å². The van der Waals surface area contributed by atoms with Crippen LogP contribution in [0.25, 0.3) is 0 Å². The van der Waals surface area contributed by atoms with Gasteiger partial charge in [-0.25, -0.2) is 0 Å². The number of rotatable bonds is 6. The van der Waals surface area contributed by atoms with Crippen molar-refractivity contribution in [2.75, 3.05) is 31.6 Å². The first-order valence-corrected chi connectivity index (χ1v) is 8.34. The molecule has 0 aliphatic carbocycles. The van der Waals surface area contributed by atoms with E-state index in [1.54, 1.807) is 7.11 Å². The van der Waals surface area contributed by atoms with Crippen LogP contribution >= 0.6 is 0 Å². The Morgan fingerprint density at radius 2 is 1.86 bits per heavy atom. The third-order valence-corrected chi connectivity index (χ3v) is 4.33. The quantitative estimate of drug-likeness (QED) is 0.808. The summed E-state index contributed by atoms with van der Waals surface area (Å²) in [5.74, 6) is 0.992. The molecule has 2 rings (SSSR count). The van der Waals surface area contributed by atoms with Crippen molar-refractivity contribution in [3.8, 4) is 5.75 Å². The molecule has 0 radical (unpaired) electrons. The molecule has 1 unspecified atom stereocenters. The van der Waals surface area contributed by atoms with Gasteiger partial charge in [0.15, 0.2) is 0 Å². The Kier molecular flexibility index (Phi) is 6.25. The van der Waals surface area contributed by atoms with Crippen molar-refractivity contribution in [2.24, 2.45) is 0 Å². The molecule has 0 aromatic heterocycles. The van der Waals surface area contributed by atoms with Gasteiger partial charge in [-0.1, -0.05) is 13.3 Å². The average molecular weight is 304 g/mol. The second kappa shape index (κ2) is 8.18. The predicted octanol–water partition coefficient (Wildman–Crippen LogP) is 3.31. The fraction of sp³-hybridized carbons (Fsp3) is 0.611. The molecule has 4 heteroatoms. The molecule has 0 N–H and O–H groups in total. The summed E-state index contributed by atoms with van der Waals surface area (Å²) in [5, 5.41) is 0. The second-order valence-electron chi connectivity index (χ2n) is 6.03. The van der Waals surface area contributed by atoms with E-state index in [2.05, 4.69) is 11.8 Å². The van der Waals surface area contributed by atoms with Gasteiger partial charge in [0, 0.05) is 24.7 Å². The highest BCUT2D eigenvalue weighted by Crippen LogP contribution is 2.23. The molecule has 1 amide bonds. The summed E-state index contributed by atoms with van der Waals surface area (Å²) in [5.41, 5.74) is 0.956. The van der Waals surface area contributed by atoms with Crippen LogP contribution in [0.4, 0.5) is 5.69 Å². The van der Waals surface area contributed by atoms with Crippen LogP contribution in [0, 0.1) is 0 Å². The first kappa shape index (κ1) is 16.8. The predicted molar refractivity (Wildman–Crippen MR) is 90.5 cm³/mol. The van der Waals surface area contributed by atoms with E-state index in [0.29, 0.717) is 6.42 Å². The Labute approximate surface area is 134 Å². The molecule has 1 heterocycles. The van der Waals surface area contributed by atoms with Crippen LogP contribution < -0.4 is 9.64 Å². The molecule has 122 valence electrons. The van der Waals surface area contributed by atoms with Crippen LogP contribution in [0.5, 0.6) is 5.75 Å². The smallest absolute Gasteiger partial charge is 0.226 e. The number of ether oxygens (including phenoxy) is 1. The maximum absolute atomic E-state index is 12.4. The van der Waals surface area contributed by atoms with Crippen molar-refractivity contribution < 1.29 is 9.53 Å². The van der Waals surface area contributed by atoms with Crippen LogP contribution in [0.3, 0.4) is 0 Å². The lowest BCUT2D eigenvalue weighted by molar-refractivity contribution is -0.118. The first-order valence-electron chi connectivity index (χ1n) is 8.34. The van der Waals surface area contributed by atoms with E-state index in [1.807, 2.05) is 36.1 Å². The lowest BCUT2D eigenvalue weighted by atomic mass is 10.1. The SMILES string of the molecule is CCC(=O)N(c1ccc(OC)cc1)C(C)CN1CCCCC1. The van der Waals surface area contributed by atoms with Crippen LogP contribution in [-0.2, 0) is 4.79 Å². The number of amides is 1. The largest absolute Gasteiger partial charge is 0.497 e. The van der Waals surface area contributed by atoms with Crippen LogP contribution in [0.15, 0.2) is 24.3 Å². The van der Waals surface area contributed by atoms with E-state index in [-0.39, 0.29) is 11.9 Å². The fourth-order valence-corrected chi connectivity index (χ4v) is 3.15. The molecule has 1 aliphatic rings. The number of likely N-dealkylation sites (tertiary alicyclic amines) is 1. The van der Waals surface area contributed by atoms with E-state index in [0.717, 1.165) is 31.1 Å². The van der Waals surface area contributed by atoms with Gasteiger partial charge in [0.1, 0.15) is 5.75 Å². The maximum atomic E-state index is 12.4. The standard InChI is InChI=1S/C18H28N2O2/c1-4-18(21)20(16-8-10-17(22-3)11-9-16)15(2)14-19-12-6-5-7-13-19/h8-11,15H,4-7,12-14H2,1-3H3. The normalized spacial score (nSPS) is 17.0. The first-order chi connectivity index (χ1) is 10.7. The monoisotopic (exact) mass is 304 g/mol. The zero-order valence-electron chi connectivity index (χ0n) is 14.0. The molecular formula is C18H28N2O2. The van der Waals surface area contributed by atoms with Gasteiger partial charge in [-0.15, -0.1) is 0 Å². The Morgan fingerprint density at radius 1 is 1.23 bits per heavy atom. The zero-order chi connectivity index (χ0) is 15.9. The minimum Gasteiger partial charge on any atom is -0.497 e. The van der Waals surface area contributed by atoms with Gasteiger partial charge in [-0.3, -0.25) is 4.79 Å². The molecule has 1 fully saturated rings. The molecule has 0 spiro atoms. The van der Waals surface area contributed by atoms with Gasteiger partial charge in [-0.2, -0.15) is 0 Å². The van der Waals surface area contributed by atoms with Crippen molar-refractivity contribution in [1.82, 2.24) is 4.90 Å². The number of carbonyl (C=O) groups is 1. The van der Waals surface area contributed by atoms with Crippen LogP contribution in [0.1, 0.15) is 39.5 Å². The number of benzene rings is 1. The molecule has 4 nitrogen and oxygen atoms in total. The van der Waals surface area contributed by atoms with Gasteiger partial charge < -0.3 is 14.5 Å². The third kappa shape index (κ3) is 4.23. The highest BCUT2D eigenvalue weighted by Gasteiger charge is 2.23. The lowest BCUT2D eigenvalue weighted by Gasteiger charge is -2.35. The minimum atomic E-state index is 0.176. The van der Waals surface area contributed by atoms with Crippen LogP contribution in [-0.4, -0.2) is 43.6 Å². The molecule has 0 bridgehead atoms. The average Bonchev–Trinajstić information content (AvgIpc) is 2.56. The maximum Gasteiger partial charge on any atom is 0.226 e. The summed E-state index contributed by atoms with van der Waals surface area (Å²) < 4.78 is 5.21. The van der Waals surface area contributed by atoms with E-state index in [1.165, 1.54) is 19.3 Å². The van der Waals surface area contributed by atoms with Gasteiger partial charge in [0.2, 0.25) is 5.91 Å². The Hall–Kier alpha value is -1.55. The van der Waals surface area contributed by atoms with Crippen molar-refractivity contribution >= 4 is 11.6 Å². The van der Waals surface area contributed by atoms with Crippen molar-refractivity contribution in [3.05, 3.63) is 24.3 Å². The topological polar surface area (TPSA) is 32.8 Å². The summed E-state index contributed by atoms with van der Waals surface area (Å²) in [6, 6.07) is 7.95. The molecule has 1 aromatic rings. The van der Waals surface area contributed by atoms with E-state index < -0.39 is 0 Å². The highest BCUT2D eigenvalue weighted by molar-refractivity contribution is 5.93. The summed E-state index contributed by atoms with van der Waals surface area (Å²) in [4.78, 5) is 16.8. The molecule has 1 aromatic carbocycles. The molecule has 0 saturated carbocycles. The summed E-state index contributed by atoms with van der Waals surface area (Å²) in [6.07, 6.45) is 4.41. The Bertz CT molecular complexity index is 466. The molecule has 1 atom stereocenters. The highest BCUT2D eigenvalue weighted by atomic mass is 16.5. The van der Waals surface area contributed by atoms with Crippen molar-refractivity contribution in [1.29, 1.82) is 0 Å². The zero-order valence-corrected chi connectivity index (χ0v) is 14.0. The van der Waals surface area contributed by atoms with Crippen molar-refractivity contribution in [2.45, 2.75) is 45.6 Å². The molecular weight excluding hydrogens is 276 g/mol. The number of carbonyl (C=O) groups excluding carboxylic acids is 1. The number of nitrogens with zero attached hydrogens (tertiary/aromatic N) is 2. The number of piperidine rings is 1. The lowest BCUT2D eigenvalue weighted by Crippen LogP contribution is -2.46. The summed E-state index contributed by atoms with van der Waals surface area (Å²) >= 11 is 0. The Balaban J connectivity index is 2.11. The van der Waals surface area contributed by atoms with E-state index in [4.69, 9.17) is 4.74 Å². The number of hydrogen-bond donors (Lipinski definition) is 0. The third-order valence-electron chi connectivity index (χ3n) is 4.33. The fourth-order valence-electron chi connectivity index (χ4n) is 3.15. The van der Waals surface area contributed by atoms with Crippen molar-refractivity contribution in [3.63, 3.8) is 0 Å². The molecule has 1 aliphatic heterocycles. The summed E-state index contributed by atoms with van der Waals surface area (Å²) in [6.45, 7) is 7.32. The molecule has 22 heavy (non-hydrogen) atoms. The van der Waals surface area contributed by atoms with Gasteiger partial charge in [0.05, 0.1) is 7.11 Å². The van der Waals surface area contributed by atoms with E-state index >= 15 is 0 Å². The number of anilines is 1. The second-order valence-corrected chi connectivity index (χ2v) is 6.03. The summed E-state index contributed by atoms with van der Waals surface area (Å²) in [7, 11) is 1.66. The van der Waals surface area contributed by atoms with E-state index in [9.17, 15) is 4.79 Å². The minimum absolute atomic E-state index is 0.176. The number of hydrogen-bond acceptors (Lipinski definition) is 3. The number of methoxy groups -OCH3 is 1. The molecule has 1 saturated heterocycles. The van der Waals surface area contributed by atoms with Gasteiger partial charge >= 0.3 is 0 Å². The Morgan fingerprint density at radius 3 is 2.41 bits per heavy atom.